The van der Waals surface area contributed by atoms with E-state index in [2.05, 4.69) is 22.9 Å². The van der Waals surface area contributed by atoms with Crippen LogP contribution in [0.3, 0.4) is 0 Å². The molecule has 1 atom stereocenters. The number of phenolic OH excluding ortho intramolecular Hbond substituents is 1. The summed E-state index contributed by atoms with van der Waals surface area (Å²) in [5.41, 5.74) is 1.74. The van der Waals surface area contributed by atoms with Gasteiger partial charge < -0.3 is 10.0 Å². The number of nitrogens with zero attached hydrogens (tertiary/aromatic N) is 3. The van der Waals surface area contributed by atoms with E-state index in [1.807, 2.05) is 17.2 Å². The second-order valence-corrected chi connectivity index (χ2v) is 5.84. The number of rotatable bonds is 3. The van der Waals surface area contributed by atoms with Crippen LogP contribution < -0.4 is 0 Å². The van der Waals surface area contributed by atoms with Gasteiger partial charge in [-0.1, -0.05) is 12.1 Å². The molecule has 1 aromatic heterocycles. The van der Waals surface area contributed by atoms with Crippen molar-refractivity contribution in [2.24, 2.45) is 0 Å². The Hall–Kier alpha value is -2.40. The Kier molecular flexibility index (Phi) is 4.57. The van der Waals surface area contributed by atoms with Crippen molar-refractivity contribution in [1.29, 1.82) is 0 Å². The van der Waals surface area contributed by atoms with E-state index in [-0.39, 0.29) is 11.7 Å². The Bertz CT molecular complexity index is 667. The second kappa shape index (κ2) is 6.79. The van der Waals surface area contributed by atoms with Gasteiger partial charge in [-0.15, -0.1) is 0 Å². The number of pyridine rings is 1. The highest BCUT2D eigenvalue weighted by atomic mass is 16.3. The Balaban J connectivity index is 1.61. The molecule has 2 heterocycles. The molecule has 1 aliphatic rings. The maximum absolute atomic E-state index is 12.5. The molecule has 1 aliphatic heterocycles. The van der Waals surface area contributed by atoms with E-state index >= 15 is 0 Å². The van der Waals surface area contributed by atoms with Gasteiger partial charge in [0.2, 0.25) is 0 Å². The molecular weight excluding hydrogens is 290 g/mol. The van der Waals surface area contributed by atoms with Crippen molar-refractivity contribution in [2.45, 2.75) is 13.0 Å². The SMILES string of the molecule is CC(c1cccnc1)N1CCN(C(=O)c2cccc(O)c2)CC1. The smallest absolute Gasteiger partial charge is 0.254 e. The van der Waals surface area contributed by atoms with Crippen molar-refractivity contribution in [2.75, 3.05) is 26.2 Å². The van der Waals surface area contributed by atoms with Gasteiger partial charge in [0.1, 0.15) is 5.75 Å². The van der Waals surface area contributed by atoms with Crippen molar-refractivity contribution >= 4 is 5.91 Å². The Morgan fingerprint density at radius 2 is 1.96 bits per heavy atom. The van der Waals surface area contributed by atoms with Crippen LogP contribution in [0.4, 0.5) is 0 Å². The molecule has 1 unspecified atom stereocenters. The van der Waals surface area contributed by atoms with Crippen molar-refractivity contribution in [3.05, 3.63) is 59.9 Å². The van der Waals surface area contributed by atoms with E-state index in [0.717, 1.165) is 13.1 Å². The van der Waals surface area contributed by atoms with Gasteiger partial charge in [0.25, 0.3) is 5.91 Å². The van der Waals surface area contributed by atoms with Crippen molar-refractivity contribution in [1.82, 2.24) is 14.8 Å². The molecule has 0 radical (unpaired) electrons. The van der Waals surface area contributed by atoms with Crippen molar-refractivity contribution in [3.8, 4) is 5.75 Å². The van der Waals surface area contributed by atoms with Gasteiger partial charge in [-0.3, -0.25) is 14.7 Å². The molecule has 1 fully saturated rings. The van der Waals surface area contributed by atoms with Crippen LogP contribution in [0, 0.1) is 0 Å². The molecule has 0 saturated carbocycles. The van der Waals surface area contributed by atoms with E-state index in [0.29, 0.717) is 24.7 Å². The lowest BCUT2D eigenvalue weighted by atomic mass is 10.1. The topological polar surface area (TPSA) is 56.7 Å². The number of phenols is 1. The van der Waals surface area contributed by atoms with Gasteiger partial charge in [0.15, 0.2) is 0 Å². The van der Waals surface area contributed by atoms with Gasteiger partial charge in [-0.2, -0.15) is 0 Å². The molecule has 5 heteroatoms. The number of carbonyl (C=O) groups excluding carboxylic acids is 1. The number of aromatic hydroxyl groups is 1. The minimum Gasteiger partial charge on any atom is -0.508 e. The molecule has 23 heavy (non-hydrogen) atoms. The number of aromatic nitrogens is 1. The molecule has 1 N–H and O–H groups in total. The van der Waals surface area contributed by atoms with Crippen LogP contribution in [0.25, 0.3) is 0 Å². The Morgan fingerprint density at radius 1 is 1.17 bits per heavy atom. The Labute approximate surface area is 136 Å². The fourth-order valence-electron chi connectivity index (χ4n) is 2.97. The molecule has 5 nitrogen and oxygen atoms in total. The fourth-order valence-corrected chi connectivity index (χ4v) is 2.97. The summed E-state index contributed by atoms with van der Waals surface area (Å²) in [4.78, 5) is 20.9. The summed E-state index contributed by atoms with van der Waals surface area (Å²) < 4.78 is 0. The summed E-state index contributed by atoms with van der Waals surface area (Å²) in [5, 5.41) is 9.52. The van der Waals surface area contributed by atoms with Crippen LogP contribution in [0.15, 0.2) is 48.8 Å². The maximum Gasteiger partial charge on any atom is 0.254 e. The predicted molar refractivity (Wildman–Crippen MR) is 88.2 cm³/mol. The second-order valence-electron chi connectivity index (χ2n) is 5.84. The first-order valence-corrected chi connectivity index (χ1v) is 7.87. The van der Waals surface area contributed by atoms with Gasteiger partial charge in [0.05, 0.1) is 0 Å². The molecular formula is C18H21N3O2. The quantitative estimate of drug-likeness (QED) is 0.945. The summed E-state index contributed by atoms with van der Waals surface area (Å²) in [6.07, 6.45) is 3.68. The summed E-state index contributed by atoms with van der Waals surface area (Å²) >= 11 is 0. The van der Waals surface area contributed by atoms with E-state index in [1.54, 1.807) is 24.4 Å². The van der Waals surface area contributed by atoms with Crippen LogP contribution in [-0.4, -0.2) is 52.0 Å². The highest BCUT2D eigenvalue weighted by Crippen LogP contribution is 2.21. The van der Waals surface area contributed by atoms with E-state index in [1.165, 1.54) is 11.6 Å². The summed E-state index contributed by atoms with van der Waals surface area (Å²) in [6, 6.07) is 10.9. The average molecular weight is 311 g/mol. The summed E-state index contributed by atoms with van der Waals surface area (Å²) in [7, 11) is 0. The van der Waals surface area contributed by atoms with Crippen LogP contribution in [-0.2, 0) is 0 Å². The first kappa shape index (κ1) is 15.5. The van der Waals surface area contributed by atoms with Crippen molar-refractivity contribution in [3.63, 3.8) is 0 Å². The van der Waals surface area contributed by atoms with E-state index < -0.39 is 0 Å². The molecule has 0 aliphatic carbocycles. The monoisotopic (exact) mass is 311 g/mol. The predicted octanol–water partition coefficient (Wildman–Crippen LogP) is 2.31. The first-order valence-electron chi connectivity index (χ1n) is 7.87. The van der Waals surface area contributed by atoms with Crippen molar-refractivity contribution < 1.29 is 9.90 Å². The number of benzene rings is 1. The zero-order chi connectivity index (χ0) is 16.2. The number of hydrogen-bond donors (Lipinski definition) is 1. The largest absolute Gasteiger partial charge is 0.508 e. The third-order valence-corrected chi connectivity index (χ3v) is 4.41. The summed E-state index contributed by atoms with van der Waals surface area (Å²) in [6.45, 7) is 5.23. The molecule has 1 aromatic carbocycles. The first-order chi connectivity index (χ1) is 11.1. The van der Waals surface area contributed by atoms with Crippen LogP contribution in [0.2, 0.25) is 0 Å². The zero-order valence-corrected chi connectivity index (χ0v) is 13.2. The average Bonchev–Trinajstić information content (AvgIpc) is 2.61. The number of piperazine rings is 1. The van der Waals surface area contributed by atoms with Gasteiger partial charge >= 0.3 is 0 Å². The van der Waals surface area contributed by atoms with Crippen LogP contribution in [0.1, 0.15) is 28.9 Å². The molecule has 1 saturated heterocycles. The number of hydrogen-bond acceptors (Lipinski definition) is 4. The van der Waals surface area contributed by atoms with Gasteiger partial charge in [0, 0.05) is 50.2 Å². The molecule has 1 amide bonds. The highest BCUT2D eigenvalue weighted by Gasteiger charge is 2.25. The number of amides is 1. The lowest BCUT2D eigenvalue weighted by Gasteiger charge is -2.38. The van der Waals surface area contributed by atoms with E-state index in [4.69, 9.17) is 0 Å². The third kappa shape index (κ3) is 3.51. The normalized spacial score (nSPS) is 17.0. The minimum atomic E-state index is -0.0189. The van der Waals surface area contributed by atoms with Gasteiger partial charge in [-0.05, 0) is 36.8 Å². The minimum absolute atomic E-state index is 0.0189. The zero-order valence-electron chi connectivity index (χ0n) is 13.2. The molecule has 3 rings (SSSR count). The number of carbonyl (C=O) groups is 1. The van der Waals surface area contributed by atoms with Gasteiger partial charge in [-0.25, -0.2) is 0 Å². The molecule has 120 valence electrons. The molecule has 2 aromatic rings. The van der Waals surface area contributed by atoms with E-state index in [9.17, 15) is 9.90 Å². The van der Waals surface area contributed by atoms with Crippen LogP contribution >= 0.6 is 0 Å². The maximum atomic E-state index is 12.5. The molecule has 0 bridgehead atoms. The van der Waals surface area contributed by atoms with Crippen LogP contribution in [0.5, 0.6) is 5.75 Å². The Morgan fingerprint density at radius 3 is 2.61 bits per heavy atom. The third-order valence-electron chi connectivity index (χ3n) is 4.41. The lowest BCUT2D eigenvalue weighted by Crippen LogP contribution is -2.49. The molecule has 0 spiro atoms. The fraction of sp³-hybridized carbons (Fsp3) is 0.333. The summed E-state index contributed by atoms with van der Waals surface area (Å²) in [5.74, 6) is 0.106. The highest BCUT2D eigenvalue weighted by molar-refractivity contribution is 5.94. The standard InChI is InChI=1S/C18H21N3O2/c1-14(16-5-3-7-19-13-16)20-8-10-21(11-9-20)18(23)15-4-2-6-17(22)12-15/h2-7,12-14,22H,8-11H2,1H3. The lowest BCUT2D eigenvalue weighted by molar-refractivity contribution is 0.0581.